The molecule has 0 fully saturated rings. The van der Waals surface area contributed by atoms with Gasteiger partial charge in [0.15, 0.2) is 5.78 Å². The monoisotopic (exact) mass is 441 g/mol. The van der Waals surface area contributed by atoms with Gasteiger partial charge >= 0.3 is 5.69 Å². The zero-order chi connectivity index (χ0) is 21.0. The fourth-order valence-electron chi connectivity index (χ4n) is 2.29. The molecular formula is C18H17Cl2N3O4S. The lowest BCUT2D eigenvalue weighted by molar-refractivity contribution is 0.102. The van der Waals surface area contributed by atoms with E-state index in [4.69, 9.17) is 23.2 Å². The number of rotatable bonds is 6. The number of hydrogen-bond donors (Lipinski definition) is 1. The smallest absolute Gasteiger partial charge is 0.333 e. The number of Topliss-reactive ketones (excluding diaryl/α,β-unsaturated/α-hetero) is 1. The molecular weight excluding hydrogens is 425 g/mol. The van der Waals surface area contributed by atoms with Crippen molar-refractivity contribution in [3.8, 4) is 5.88 Å². The van der Waals surface area contributed by atoms with Gasteiger partial charge in [-0.3, -0.25) is 23.7 Å². The number of benzene rings is 1. The van der Waals surface area contributed by atoms with Gasteiger partial charge < -0.3 is 5.11 Å². The summed E-state index contributed by atoms with van der Waals surface area (Å²) in [5.74, 6) is -0.928. The zero-order valence-corrected chi connectivity index (χ0v) is 17.4. The summed E-state index contributed by atoms with van der Waals surface area (Å²) < 4.78 is 1.79. The number of halogens is 2. The Morgan fingerprint density at radius 3 is 2.57 bits per heavy atom. The molecule has 2 aromatic rings. The van der Waals surface area contributed by atoms with Crippen LogP contribution in [0, 0.1) is 0 Å². The Kier molecular flexibility index (Phi) is 7.29. The van der Waals surface area contributed by atoms with Crippen LogP contribution in [0.15, 0.2) is 45.4 Å². The Hall–Kier alpha value is -2.29. The number of aliphatic imine (C=N–C) groups is 1. The number of aromatic nitrogens is 2. The van der Waals surface area contributed by atoms with Crippen LogP contribution in [0.1, 0.15) is 15.9 Å². The maximum Gasteiger partial charge on any atom is 0.333 e. The molecule has 1 heterocycles. The van der Waals surface area contributed by atoms with E-state index < -0.39 is 17.1 Å². The van der Waals surface area contributed by atoms with Crippen LogP contribution in [-0.2, 0) is 14.1 Å². The Labute approximate surface area is 174 Å². The van der Waals surface area contributed by atoms with E-state index in [9.17, 15) is 19.5 Å². The van der Waals surface area contributed by atoms with Crippen molar-refractivity contribution in [2.45, 2.75) is 0 Å². The third kappa shape index (κ3) is 4.57. The molecule has 0 amide bonds. The molecule has 0 aliphatic rings. The third-order valence-corrected chi connectivity index (χ3v) is 5.34. The molecule has 2 rings (SSSR count). The SMILES string of the molecule is C=CCN=C(SCC(=O)c1ccc(Cl)cc1Cl)c1c(O)n(C)c(=O)n(C)c1=O. The number of carbonyl (C=O) groups excluding carboxylic acids is 1. The van der Waals surface area contributed by atoms with Gasteiger partial charge in [-0.2, -0.15) is 0 Å². The summed E-state index contributed by atoms with van der Waals surface area (Å²) in [4.78, 5) is 41.2. The van der Waals surface area contributed by atoms with E-state index in [1.54, 1.807) is 6.07 Å². The molecule has 1 aromatic heterocycles. The minimum absolute atomic E-state index is 0.0945. The molecule has 0 bridgehead atoms. The summed E-state index contributed by atoms with van der Waals surface area (Å²) in [6.45, 7) is 3.73. The fourth-order valence-corrected chi connectivity index (χ4v) is 3.72. The summed E-state index contributed by atoms with van der Waals surface area (Å²) in [6, 6.07) is 4.52. The Balaban J connectivity index is 2.42. The summed E-state index contributed by atoms with van der Waals surface area (Å²) in [5, 5.41) is 11.1. The van der Waals surface area contributed by atoms with Crippen molar-refractivity contribution in [2.75, 3.05) is 12.3 Å². The van der Waals surface area contributed by atoms with Gasteiger partial charge in [-0.1, -0.05) is 41.0 Å². The largest absolute Gasteiger partial charge is 0.494 e. The van der Waals surface area contributed by atoms with Gasteiger partial charge in [-0.25, -0.2) is 4.79 Å². The molecule has 7 nitrogen and oxygen atoms in total. The van der Waals surface area contributed by atoms with Crippen LogP contribution in [0.3, 0.4) is 0 Å². The van der Waals surface area contributed by atoms with Crippen molar-refractivity contribution in [3.63, 3.8) is 0 Å². The van der Waals surface area contributed by atoms with Crippen LogP contribution in [0.4, 0.5) is 0 Å². The van der Waals surface area contributed by atoms with Crippen molar-refractivity contribution in [1.29, 1.82) is 0 Å². The molecule has 0 spiro atoms. The second-order valence-electron chi connectivity index (χ2n) is 5.67. The maximum absolute atomic E-state index is 12.5. The highest BCUT2D eigenvalue weighted by molar-refractivity contribution is 8.15. The first-order chi connectivity index (χ1) is 13.2. The summed E-state index contributed by atoms with van der Waals surface area (Å²) >= 11 is 12.9. The second-order valence-corrected chi connectivity index (χ2v) is 7.48. The summed E-state index contributed by atoms with van der Waals surface area (Å²) in [5.41, 5.74) is -1.28. The molecule has 0 aliphatic carbocycles. The summed E-state index contributed by atoms with van der Waals surface area (Å²) in [7, 11) is 2.62. The Morgan fingerprint density at radius 1 is 1.29 bits per heavy atom. The fraction of sp³-hybridized carbons (Fsp3) is 0.222. The number of carbonyl (C=O) groups is 1. The molecule has 0 saturated heterocycles. The quantitative estimate of drug-likeness (QED) is 0.321. The number of thioether (sulfide) groups is 1. The average Bonchev–Trinajstić information content (AvgIpc) is 2.66. The molecule has 0 saturated carbocycles. The molecule has 28 heavy (non-hydrogen) atoms. The van der Waals surface area contributed by atoms with Crippen LogP contribution in [0.5, 0.6) is 5.88 Å². The van der Waals surface area contributed by atoms with Gasteiger partial charge in [-0.15, -0.1) is 6.58 Å². The zero-order valence-electron chi connectivity index (χ0n) is 15.1. The van der Waals surface area contributed by atoms with Crippen molar-refractivity contribution < 1.29 is 9.90 Å². The van der Waals surface area contributed by atoms with Gasteiger partial charge in [0.05, 0.1) is 17.3 Å². The van der Waals surface area contributed by atoms with Crippen LogP contribution < -0.4 is 11.2 Å². The van der Waals surface area contributed by atoms with Gasteiger partial charge in [0.2, 0.25) is 5.88 Å². The molecule has 148 valence electrons. The molecule has 1 N–H and O–H groups in total. The van der Waals surface area contributed by atoms with Gasteiger partial charge in [0.1, 0.15) is 10.6 Å². The van der Waals surface area contributed by atoms with Crippen molar-refractivity contribution in [2.24, 2.45) is 19.1 Å². The Bertz CT molecular complexity index is 1090. The lowest BCUT2D eigenvalue weighted by atomic mass is 10.1. The van der Waals surface area contributed by atoms with Crippen molar-refractivity contribution in [1.82, 2.24) is 9.13 Å². The number of ketones is 1. The van der Waals surface area contributed by atoms with E-state index in [0.29, 0.717) is 5.02 Å². The van der Waals surface area contributed by atoms with Crippen LogP contribution in [-0.4, -0.2) is 37.4 Å². The lowest BCUT2D eigenvalue weighted by Crippen LogP contribution is -2.39. The minimum atomic E-state index is -0.715. The first-order valence-corrected chi connectivity index (χ1v) is 9.69. The van der Waals surface area contributed by atoms with Crippen molar-refractivity contribution in [3.05, 3.63) is 72.9 Å². The number of aromatic hydroxyl groups is 1. The Morgan fingerprint density at radius 2 is 1.96 bits per heavy atom. The van der Waals surface area contributed by atoms with Crippen molar-refractivity contribution >= 4 is 45.8 Å². The predicted octanol–water partition coefficient (Wildman–Crippen LogP) is 2.65. The highest BCUT2D eigenvalue weighted by Crippen LogP contribution is 2.24. The highest BCUT2D eigenvalue weighted by Gasteiger charge is 2.22. The van der Waals surface area contributed by atoms with E-state index in [1.165, 1.54) is 32.3 Å². The van der Waals surface area contributed by atoms with Gasteiger partial charge in [0.25, 0.3) is 5.56 Å². The van der Waals surface area contributed by atoms with E-state index in [0.717, 1.165) is 20.9 Å². The molecule has 1 aromatic carbocycles. The number of nitrogens with zero attached hydrogens (tertiary/aromatic N) is 3. The van der Waals surface area contributed by atoms with Crippen LogP contribution in [0.25, 0.3) is 0 Å². The first kappa shape index (κ1) is 22.0. The first-order valence-electron chi connectivity index (χ1n) is 7.94. The molecule has 0 atom stereocenters. The number of hydrogen-bond acceptors (Lipinski definition) is 6. The van der Waals surface area contributed by atoms with Crippen LogP contribution in [0.2, 0.25) is 10.0 Å². The third-order valence-electron chi connectivity index (χ3n) is 3.78. The average molecular weight is 442 g/mol. The molecule has 0 radical (unpaired) electrons. The van der Waals surface area contributed by atoms with Gasteiger partial charge in [0, 0.05) is 24.7 Å². The minimum Gasteiger partial charge on any atom is -0.494 e. The van der Waals surface area contributed by atoms with E-state index in [2.05, 4.69) is 11.6 Å². The predicted molar refractivity (Wildman–Crippen MR) is 113 cm³/mol. The molecule has 0 unspecified atom stereocenters. The van der Waals surface area contributed by atoms with E-state index >= 15 is 0 Å². The molecule has 10 heteroatoms. The standard InChI is InChI=1S/C18H17Cl2N3O4S/c1-4-7-21-15(14-16(25)22(2)18(27)23(3)17(14)26)28-9-13(24)11-6-5-10(19)8-12(11)20/h4-6,8,25H,1,7,9H2,2-3H3. The van der Waals surface area contributed by atoms with Gasteiger partial charge in [-0.05, 0) is 18.2 Å². The normalized spacial score (nSPS) is 11.5. The van der Waals surface area contributed by atoms with Crippen LogP contribution >= 0.6 is 35.0 Å². The van der Waals surface area contributed by atoms with E-state index in [-0.39, 0.29) is 39.3 Å². The van der Waals surface area contributed by atoms with E-state index in [1.807, 2.05) is 0 Å². The second kappa shape index (κ2) is 9.27. The topological polar surface area (TPSA) is 93.7 Å². The lowest BCUT2D eigenvalue weighted by Gasteiger charge is -2.12. The summed E-state index contributed by atoms with van der Waals surface area (Å²) in [6.07, 6.45) is 1.50. The maximum atomic E-state index is 12.5. The highest BCUT2D eigenvalue weighted by atomic mass is 35.5. The molecule has 0 aliphatic heterocycles.